The second kappa shape index (κ2) is 4.58. The van der Waals surface area contributed by atoms with Crippen LogP contribution in [0.3, 0.4) is 0 Å². The van der Waals surface area contributed by atoms with Crippen molar-refractivity contribution in [1.29, 1.82) is 0 Å². The highest BCUT2D eigenvalue weighted by Gasteiger charge is 2.34. The van der Waals surface area contributed by atoms with E-state index in [4.69, 9.17) is 0 Å². The van der Waals surface area contributed by atoms with Gasteiger partial charge in [-0.1, -0.05) is 6.07 Å². The molecular weight excluding hydrogens is 284 g/mol. The number of rotatable bonds is 1. The van der Waals surface area contributed by atoms with Crippen LogP contribution in [0.15, 0.2) is 42.6 Å². The molecule has 0 unspecified atom stereocenters. The van der Waals surface area contributed by atoms with Gasteiger partial charge >= 0.3 is 6.18 Å². The summed E-state index contributed by atoms with van der Waals surface area (Å²) in [5.41, 5.74) is 0.850. The Labute approximate surface area is 117 Å². The van der Waals surface area contributed by atoms with Crippen LogP contribution in [0, 0.1) is 12.7 Å². The molecule has 0 bridgehead atoms. The Morgan fingerprint density at radius 3 is 2.52 bits per heavy atom. The molecule has 0 saturated carbocycles. The van der Waals surface area contributed by atoms with Crippen LogP contribution in [0.2, 0.25) is 0 Å². The minimum atomic E-state index is -4.73. The van der Waals surface area contributed by atoms with Gasteiger partial charge in [0.2, 0.25) is 0 Å². The van der Waals surface area contributed by atoms with Crippen LogP contribution < -0.4 is 0 Å². The number of imidazole rings is 1. The molecule has 2 heterocycles. The monoisotopic (exact) mass is 294 g/mol. The lowest BCUT2D eigenvalue weighted by Crippen LogP contribution is -2.08. The van der Waals surface area contributed by atoms with E-state index in [9.17, 15) is 17.6 Å². The Balaban J connectivity index is 2.17. The molecule has 0 spiro atoms. The zero-order chi connectivity index (χ0) is 15.2. The molecule has 0 amide bonds. The average Bonchev–Trinajstić information content (AvgIpc) is 2.83. The normalized spacial score (nSPS) is 12.0. The molecule has 6 heteroatoms. The molecule has 0 aliphatic carbocycles. The zero-order valence-electron chi connectivity index (χ0n) is 10.9. The van der Waals surface area contributed by atoms with Gasteiger partial charge in [0.05, 0.1) is 11.3 Å². The van der Waals surface area contributed by atoms with Crippen molar-refractivity contribution in [2.45, 2.75) is 13.1 Å². The van der Waals surface area contributed by atoms with Crippen molar-refractivity contribution in [3.05, 3.63) is 59.7 Å². The van der Waals surface area contributed by atoms with E-state index in [-0.39, 0.29) is 5.56 Å². The molecule has 0 saturated heterocycles. The lowest BCUT2D eigenvalue weighted by atomic mass is 10.1. The predicted molar refractivity (Wildman–Crippen MR) is 70.3 cm³/mol. The Morgan fingerprint density at radius 1 is 1.10 bits per heavy atom. The fourth-order valence-corrected chi connectivity index (χ4v) is 2.19. The van der Waals surface area contributed by atoms with Gasteiger partial charge < -0.3 is 4.40 Å². The van der Waals surface area contributed by atoms with Gasteiger partial charge in [-0.15, -0.1) is 0 Å². The maximum absolute atomic E-state index is 13.3. The minimum absolute atomic E-state index is 0.229. The number of halogens is 4. The molecule has 0 aliphatic heterocycles. The number of pyridine rings is 1. The van der Waals surface area contributed by atoms with Crippen LogP contribution in [0.5, 0.6) is 0 Å². The average molecular weight is 294 g/mol. The van der Waals surface area contributed by atoms with Gasteiger partial charge in [-0.05, 0) is 37.3 Å². The van der Waals surface area contributed by atoms with Crippen LogP contribution in [-0.4, -0.2) is 9.38 Å². The molecule has 21 heavy (non-hydrogen) atoms. The summed E-state index contributed by atoms with van der Waals surface area (Å²) in [7, 11) is 0. The van der Waals surface area contributed by atoms with Crippen molar-refractivity contribution in [2.75, 3.05) is 0 Å². The molecule has 2 nitrogen and oxygen atoms in total. The van der Waals surface area contributed by atoms with E-state index in [0.717, 1.165) is 17.8 Å². The van der Waals surface area contributed by atoms with Gasteiger partial charge in [-0.3, -0.25) is 0 Å². The molecule has 108 valence electrons. The van der Waals surface area contributed by atoms with E-state index in [0.29, 0.717) is 11.3 Å². The first kappa shape index (κ1) is 13.6. The van der Waals surface area contributed by atoms with E-state index in [1.807, 2.05) is 19.1 Å². The molecule has 0 radical (unpaired) electrons. The van der Waals surface area contributed by atoms with E-state index < -0.39 is 17.6 Å². The Kier molecular flexibility index (Phi) is 2.97. The van der Waals surface area contributed by atoms with E-state index >= 15 is 0 Å². The van der Waals surface area contributed by atoms with E-state index in [1.165, 1.54) is 6.07 Å². The summed E-state index contributed by atoms with van der Waals surface area (Å²) in [6.07, 6.45) is -3.09. The predicted octanol–water partition coefficient (Wildman–Crippen LogP) is 4.47. The third-order valence-electron chi connectivity index (χ3n) is 3.26. The zero-order valence-corrected chi connectivity index (χ0v) is 10.9. The maximum Gasteiger partial charge on any atom is 0.419 e. The molecule has 1 aromatic carbocycles. The summed E-state index contributed by atoms with van der Waals surface area (Å²) < 4.78 is 53.3. The number of fused-ring (bicyclic) bond motifs is 1. The highest BCUT2D eigenvalue weighted by atomic mass is 19.4. The third kappa shape index (κ3) is 2.37. The van der Waals surface area contributed by atoms with Crippen molar-refractivity contribution in [3.63, 3.8) is 0 Å². The van der Waals surface area contributed by atoms with Gasteiger partial charge in [0.1, 0.15) is 11.5 Å². The number of aromatic nitrogens is 2. The lowest BCUT2D eigenvalue weighted by molar-refractivity contribution is -0.139. The van der Waals surface area contributed by atoms with E-state index in [2.05, 4.69) is 4.98 Å². The van der Waals surface area contributed by atoms with Crippen LogP contribution in [-0.2, 0) is 6.18 Å². The number of alkyl halides is 3. The molecule has 0 aliphatic rings. The SMILES string of the molecule is Cc1cccc2nc(-c3ccc(F)c(C(F)(F)F)c3)cn12. The number of hydrogen-bond acceptors (Lipinski definition) is 1. The lowest BCUT2D eigenvalue weighted by Gasteiger charge is -2.08. The van der Waals surface area contributed by atoms with Crippen LogP contribution in [0.1, 0.15) is 11.3 Å². The van der Waals surface area contributed by atoms with Gasteiger partial charge in [0.25, 0.3) is 0 Å². The van der Waals surface area contributed by atoms with Crippen molar-refractivity contribution >= 4 is 5.65 Å². The summed E-state index contributed by atoms with van der Waals surface area (Å²) in [5, 5.41) is 0. The van der Waals surface area contributed by atoms with Crippen LogP contribution in [0.25, 0.3) is 16.9 Å². The molecule has 0 atom stereocenters. The largest absolute Gasteiger partial charge is 0.419 e. The first-order valence-electron chi connectivity index (χ1n) is 6.18. The van der Waals surface area contributed by atoms with Gasteiger partial charge in [-0.2, -0.15) is 13.2 Å². The molecule has 3 aromatic rings. The Hall–Kier alpha value is -2.37. The quantitative estimate of drug-likeness (QED) is 0.605. The molecule has 0 N–H and O–H groups in total. The van der Waals surface area contributed by atoms with E-state index in [1.54, 1.807) is 16.7 Å². The number of hydrogen-bond donors (Lipinski definition) is 0. The second-order valence-corrected chi connectivity index (χ2v) is 4.71. The Bertz CT molecular complexity index is 818. The summed E-state index contributed by atoms with van der Waals surface area (Å²) in [4.78, 5) is 4.27. The molecule has 2 aromatic heterocycles. The highest BCUT2D eigenvalue weighted by Crippen LogP contribution is 2.34. The molecule has 0 fully saturated rings. The number of nitrogens with zero attached hydrogens (tertiary/aromatic N) is 2. The van der Waals surface area contributed by atoms with Crippen LogP contribution in [0.4, 0.5) is 17.6 Å². The Morgan fingerprint density at radius 2 is 1.86 bits per heavy atom. The highest BCUT2D eigenvalue weighted by molar-refractivity contribution is 5.64. The first-order chi connectivity index (χ1) is 9.86. The van der Waals surface area contributed by atoms with Gasteiger partial charge in [0.15, 0.2) is 0 Å². The standard InChI is InChI=1S/C15H10F4N2/c1-9-3-2-4-14-20-13(8-21(9)14)10-5-6-12(16)11(7-10)15(17,18)19/h2-8H,1H3. The second-order valence-electron chi connectivity index (χ2n) is 4.71. The maximum atomic E-state index is 13.3. The van der Waals surface area contributed by atoms with Crippen molar-refractivity contribution < 1.29 is 17.6 Å². The fourth-order valence-electron chi connectivity index (χ4n) is 2.19. The van der Waals surface area contributed by atoms with Crippen molar-refractivity contribution in [3.8, 4) is 11.3 Å². The fraction of sp³-hybridized carbons (Fsp3) is 0.133. The van der Waals surface area contributed by atoms with Crippen molar-refractivity contribution in [1.82, 2.24) is 9.38 Å². The third-order valence-corrected chi connectivity index (χ3v) is 3.26. The van der Waals surface area contributed by atoms with Gasteiger partial charge in [0, 0.05) is 17.5 Å². The number of aryl methyl sites for hydroxylation is 1. The van der Waals surface area contributed by atoms with Crippen molar-refractivity contribution in [2.24, 2.45) is 0 Å². The van der Waals surface area contributed by atoms with Gasteiger partial charge in [-0.25, -0.2) is 9.37 Å². The van der Waals surface area contributed by atoms with Crippen LogP contribution >= 0.6 is 0 Å². The smallest absolute Gasteiger partial charge is 0.304 e. The summed E-state index contributed by atoms with van der Waals surface area (Å²) in [5.74, 6) is -1.29. The topological polar surface area (TPSA) is 17.3 Å². The number of benzene rings is 1. The minimum Gasteiger partial charge on any atom is -0.304 e. The summed E-state index contributed by atoms with van der Waals surface area (Å²) in [6, 6.07) is 8.32. The first-order valence-corrected chi connectivity index (χ1v) is 6.18. The summed E-state index contributed by atoms with van der Waals surface area (Å²) in [6.45, 7) is 1.87. The molecular formula is C15H10F4N2. The molecule has 3 rings (SSSR count). The summed E-state index contributed by atoms with van der Waals surface area (Å²) >= 11 is 0.